The Morgan fingerprint density at radius 1 is 1.45 bits per heavy atom. The van der Waals surface area contributed by atoms with Gasteiger partial charge in [-0.1, -0.05) is 11.6 Å². The first-order valence-corrected chi connectivity index (χ1v) is 7.82. The van der Waals surface area contributed by atoms with Gasteiger partial charge < -0.3 is 15.3 Å². The molecule has 2 heterocycles. The van der Waals surface area contributed by atoms with Gasteiger partial charge in [0.25, 0.3) is 0 Å². The van der Waals surface area contributed by atoms with Crippen molar-refractivity contribution in [2.75, 3.05) is 0 Å². The van der Waals surface area contributed by atoms with Crippen molar-refractivity contribution < 1.29 is 19.5 Å². The minimum absolute atomic E-state index is 0.0856. The standard InChI is InChI=1S/C15H25N3O4/c1-15(2,3)18(14(20)21)12-9-11(22-17-12)8-10-6-4-5-7-13(19)16-10/h10-11H,4-9H2,1-3H3,(H,16,19)(H,20,21). The van der Waals surface area contributed by atoms with E-state index < -0.39 is 11.6 Å². The molecular formula is C15H25N3O4. The molecule has 2 aliphatic rings. The van der Waals surface area contributed by atoms with Crippen molar-refractivity contribution in [3.63, 3.8) is 0 Å². The van der Waals surface area contributed by atoms with Gasteiger partial charge in [0.2, 0.25) is 5.91 Å². The first-order valence-electron chi connectivity index (χ1n) is 7.82. The van der Waals surface area contributed by atoms with E-state index in [0.29, 0.717) is 25.1 Å². The number of rotatable bonds is 2. The van der Waals surface area contributed by atoms with E-state index in [1.165, 1.54) is 4.90 Å². The Hall–Kier alpha value is -1.79. The number of hydrogen-bond acceptors (Lipinski definition) is 4. The molecule has 2 unspecified atom stereocenters. The molecule has 1 saturated heterocycles. The number of carbonyl (C=O) groups is 2. The van der Waals surface area contributed by atoms with Crippen LogP contribution in [0.5, 0.6) is 0 Å². The van der Waals surface area contributed by atoms with Crippen molar-refractivity contribution in [2.45, 2.75) is 77.0 Å². The number of oxime groups is 1. The predicted octanol–water partition coefficient (Wildman–Crippen LogP) is 2.32. The summed E-state index contributed by atoms with van der Waals surface area (Å²) in [4.78, 5) is 29.7. The third-order valence-electron chi connectivity index (χ3n) is 3.96. The van der Waals surface area contributed by atoms with Gasteiger partial charge in [-0.2, -0.15) is 0 Å². The highest BCUT2D eigenvalue weighted by atomic mass is 16.6. The second-order valence-corrected chi connectivity index (χ2v) is 6.97. The number of carboxylic acid groups (broad SMARTS) is 1. The summed E-state index contributed by atoms with van der Waals surface area (Å²) < 4.78 is 0. The average Bonchev–Trinajstić information content (AvgIpc) is 2.69. The van der Waals surface area contributed by atoms with Crippen molar-refractivity contribution in [3.8, 4) is 0 Å². The average molecular weight is 311 g/mol. The third-order valence-corrected chi connectivity index (χ3v) is 3.96. The lowest BCUT2D eigenvalue weighted by molar-refractivity contribution is -0.121. The summed E-state index contributed by atoms with van der Waals surface area (Å²) in [7, 11) is 0. The molecule has 0 aliphatic carbocycles. The highest BCUT2D eigenvalue weighted by Crippen LogP contribution is 2.25. The normalized spacial score (nSPS) is 25.8. The molecule has 2 amide bonds. The fourth-order valence-electron chi connectivity index (χ4n) is 3.00. The van der Waals surface area contributed by atoms with Gasteiger partial charge in [-0.25, -0.2) is 4.79 Å². The highest BCUT2D eigenvalue weighted by molar-refractivity contribution is 5.96. The lowest BCUT2D eigenvalue weighted by Crippen LogP contribution is -2.48. The Bertz CT molecular complexity index is 470. The van der Waals surface area contributed by atoms with Crippen molar-refractivity contribution in [2.24, 2.45) is 5.16 Å². The van der Waals surface area contributed by atoms with Crippen LogP contribution in [0.25, 0.3) is 0 Å². The van der Waals surface area contributed by atoms with Crippen molar-refractivity contribution >= 4 is 17.8 Å². The monoisotopic (exact) mass is 311 g/mol. The quantitative estimate of drug-likeness (QED) is 0.818. The summed E-state index contributed by atoms with van der Waals surface area (Å²) in [6, 6.07) is 0.0856. The lowest BCUT2D eigenvalue weighted by atomic mass is 10.0. The van der Waals surface area contributed by atoms with Gasteiger partial charge in [0.1, 0.15) is 6.10 Å². The number of nitrogens with one attached hydrogen (secondary N) is 1. The molecule has 2 aliphatic heterocycles. The molecule has 0 saturated carbocycles. The zero-order valence-electron chi connectivity index (χ0n) is 13.5. The van der Waals surface area contributed by atoms with Gasteiger partial charge >= 0.3 is 6.09 Å². The number of amidine groups is 1. The summed E-state index contributed by atoms with van der Waals surface area (Å²) in [6.45, 7) is 5.47. The number of amides is 2. The predicted molar refractivity (Wildman–Crippen MR) is 81.6 cm³/mol. The summed E-state index contributed by atoms with van der Waals surface area (Å²) in [5, 5.41) is 16.3. The molecule has 0 bridgehead atoms. The fraction of sp³-hybridized carbons (Fsp3) is 0.800. The summed E-state index contributed by atoms with van der Waals surface area (Å²) >= 11 is 0. The fourth-order valence-corrected chi connectivity index (χ4v) is 3.00. The molecule has 0 aromatic rings. The van der Waals surface area contributed by atoms with E-state index in [1.54, 1.807) is 0 Å². The molecule has 2 N–H and O–H groups in total. The van der Waals surface area contributed by atoms with Crippen molar-refractivity contribution in [3.05, 3.63) is 0 Å². The van der Waals surface area contributed by atoms with E-state index in [2.05, 4.69) is 10.5 Å². The first kappa shape index (κ1) is 16.6. The Balaban J connectivity index is 1.93. The Labute approximate surface area is 130 Å². The number of nitrogens with zero attached hydrogens (tertiary/aromatic N) is 2. The van der Waals surface area contributed by atoms with E-state index in [1.807, 2.05) is 20.8 Å². The Kier molecular flexibility index (Phi) is 4.93. The molecule has 0 spiro atoms. The molecule has 1 fully saturated rings. The van der Waals surface area contributed by atoms with Crippen molar-refractivity contribution in [1.29, 1.82) is 0 Å². The molecule has 2 atom stereocenters. The molecule has 2 rings (SSSR count). The Morgan fingerprint density at radius 3 is 2.82 bits per heavy atom. The van der Waals surface area contributed by atoms with Crippen LogP contribution in [0.4, 0.5) is 4.79 Å². The van der Waals surface area contributed by atoms with Gasteiger partial charge in [-0.05, 0) is 33.6 Å². The van der Waals surface area contributed by atoms with Gasteiger partial charge in [0, 0.05) is 30.8 Å². The maximum Gasteiger partial charge on any atom is 0.413 e. The highest BCUT2D eigenvalue weighted by Gasteiger charge is 2.36. The molecule has 22 heavy (non-hydrogen) atoms. The third kappa shape index (κ3) is 4.11. The van der Waals surface area contributed by atoms with Crippen LogP contribution in [-0.2, 0) is 9.63 Å². The van der Waals surface area contributed by atoms with Crippen LogP contribution in [-0.4, -0.2) is 45.5 Å². The minimum Gasteiger partial charge on any atom is -0.465 e. The second-order valence-electron chi connectivity index (χ2n) is 6.97. The molecule has 0 radical (unpaired) electrons. The maximum absolute atomic E-state index is 11.6. The number of hydrogen-bond donors (Lipinski definition) is 2. The smallest absolute Gasteiger partial charge is 0.413 e. The van der Waals surface area contributed by atoms with E-state index in [9.17, 15) is 14.7 Å². The largest absolute Gasteiger partial charge is 0.465 e. The molecule has 124 valence electrons. The van der Waals surface area contributed by atoms with E-state index in [4.69, 9.17) is 4.84 Å². The molecular weight excluding hydrogens is 286 g/mol. The van der Waals surface area contributed by atoms with Gasteiger partial charge in [-0.3, -0.25) is 9.69 Å². The van der Waals surface area contributed by atoms with Gasteiger partial charge in [0.15, 0.2) is 5.84 Å². The summed E-state index contributed by atoms with van der Waals surface area (Å²) in [5.41, 5.74) is -0.570. The second kappa shape index (κ2) is 6.54. The summed E-state index contributed by atoms with van der Waals surface area (Å²) in [6.07, 6.45) is 3.37. The maximum atomic E-state index is 11.6. The first-order chi connectivity index (χ1) is 10.3. The SMILES string of the molecule is CC(C)(C)N(C(=O)O)C1=NOC(CC2CCCCC(=O)N2)C1. The van der Waals surface area contributed by atoms with E-state index in [-0.39, 0.29) is 18.1 Å². The van der Waals surface area contributed by atoms with Crippen LogP contribution in [0.15, 0.2) is 5.16 Å². The number of carbonyl (C=O) groups excluding carboxylic acids is 1. The summed E-state index contributed by atoms with van der Waals surface area (Å²) in [5.74, 6) is 0.522. The molecule has 7 heteroatoms. The molecule has 0 aromatic carbocycles. The molecule has 7 nitrogen and oxygen atoms in total. The zero-order valence-corrected chi connectivity index (χ0v) is 13.5. The van der Waals surface area contributed by atoms with Crippen LogP contribution in [0.2, 0.25) is 0 Å². The minimum atomic E-state index is -1.03. The van der Waals surface area contributed by atoms with Crippen LogP contribution >= 0.6 is 0 Å². The zero-order chi connectivity index (χ0) is 16.3. The Morgan fingerprint density at radius 2 is 2.18 bits per heavy atom. The van der Waals surface area contributed by atoms with E-state index in [0.717, 1.165) is 19.3 Å². The lowest BCUT2D eigenvalue weighted by Gasteiger charge is -2.32. The van der Waals surface area contributed by atoms with Crippen LogP contribution in [0.1, 0.15) is 59.3 Å². The van der Waals surface area contributed by atoms with Crippen molar-refractivity contribution in [1.82, 2.24) is 10.2 Å². The van der Waals surface area contributed by atoms with Crippen LogP contribution in [0, 0.1) is 0 Å². The van der Waals surface area contributed by atoms with Crippen LogP contribution < -0.4 is 5.32 Å². The van der Waals surface area contributed by atoms with Gasteiger partial charge in [-0.15, -0.1) is 0 Å². The topological polar surface area (TPSA) is 91.2 Å². The van der Waals surface area contributed by atoms with Crippen LogP contribution in [0.3, 0.4) is 0 Å². The van der Waals surface area contributed by atoms with E-state index >= 15 is 0 Å². The molecule has 0 aromatic heterocycles. The van der Waals surface area contributed by atoms with Gasteiger partial charge in [0.05, 0.1) is 0 Å².